The predicted octanol–water partition coefficient (Wildman–Crippen LogP) is -0.573. The molecule has 1 aliphatic heterocycles. The van der Waals surface area contributed by atoms with Gasteiger partial charge in [0.25, 0.3) is 0 Å². The van der Waals surface area contributed by atoms with Crippen molar-refractivity contribution in [3.05, 3.63) is 12.0 Å². The number of nitrogens with one attached hydrogen (secondary N) is 1. The molecular weight excluding hydrogens is 270 g/mol. The summed E-state index contributed by atoms with van der Waals surface area (Å²) >= 11 is 0. The minimum absolute atomic E-state index is 0.122. The van der Waals surface area contributed by atoms with Crippen LogP contribution in [0, 0.1) is 0 Å². The number of rotatable bonds is 4. The molecule has 0 radical (unpaired) electrons. The van der Waals surface area contributed by atoms with Crippen LogP contribution in [0.3, 0.4) is 0 Å². The Kier molecular flexibility index (Phi) is 5.24. The highest BCUT2D eigenvalue weighted by molar-refractivity contribution is 6.02. The molecule has 0 spiro atoms. The lowest BCUT2D eigenvalue weighted by Crippen LogP contribution is -2.48. The average Bonchev–Trinajstić information content (AvgIpc) is 2.32. The third-order valence-corrected chi connectivity index (χ3v) is 2.28. The van der Waals surface area contributed by atoms with Crippen LogP contribution in [0.1, 0.15) is 20.8 Å². The topological polar surface area (TPSA) is 108 Å². The maximum Gasteiger partial charge on any atom is 0.303 e. The molecule has 20 heavy (non-hydrogen) atoms. The number of hydrogen-bond donors (Lipinski definition) is 1. The third-order valence-electron chi connectivity index (χ3n) is 2.28. The number of amides is 1. The van der Waals surface area contributed by atoms with Gasteiger partial charge in [0.2, 0.25) is 17.8 Å². The van der Waals surface area contributed by atoms with E-state index in [-0.39, 0.29) is 12.3 Å². The molecule has 0 saturated carbocycles. The summed E-state index contributed by atoms with van der Waals surface area (Å²) in [5.74, 6) is -2.34. The highest BCUT2D eigenvalue weighted by Crippen LogP contribution is 2.17. The van der Waals surface area contributed by atoms with Crippen molar-refractivity contribution in [3.8, 4) is 0 Å². The van der Waals surface area contributed by atoms with E-state index in [0.29, 0.717) is 0 Å². The van der Waals surface area contributed by atoms with Crippen LogP contribution in [0.2, 0.25) is 0 Å². The monoisotopic (exact) mass is 285 g/mol. The van der Waals surface area contributed by atoms with Gasteiger partial charge in [0.15, 0.2) is 6.10 Å². The maximum absolute atomic E-state index is 12.1. The third kappa shape index (κ3) is 4.38. The molecule has 0 aliphatic carbocycles. The molecule has 0 unspecified atom stereocenters. The molecule has 8 heteroatoms. The SMILES string of the molecule is CC(=O)NC1=CO[C@H](COC(C)=O)[C@@H](OC(C)=O)C1=O. The average molecular weight is 285 g/mol. The van der Waals surface area contributed by atoms with Crippen molar-refractivity contribution < 1.29 is 33.4 Å². The van der Waals surface area contributed by atoms with Crippen LogP contribution in [0.5, 0.6) is 0 Å². The molecule has 8 nitrogen and oxygen atoms in total. The number of esters is 2. The van der Waals surface area contributed by atoms with Crippen LogP contribution in [0.15, 0.2) is 12.0 Å². The zero-order valence-corrected chi connectivity index (χ0v) is 11.3. The number of ketones is 1. The van der Waals surface area contributed by atoms with Crippen LogP contribution in [-0.4, -0.2) is 42.4 Å². The van der Waals surface area contributed by atoms with E-state index in [2.05, 4.69) is 5.32 Å². The Hall–Kier alpha value is -2.38. The molecule has 1 aliphatic rings. The van der Waals surface area contributed by atoms with E-state index in [4.69, 9.17) is 14.2 Å². The summed E-state index contributed by atoms with van der Waals surface area (Å²) in [5.41, 5.74) is -0.122. The second kappa shape index (κ2) is 6.69. The van der Waals surface area contributed by atoms with E-state index < -0.39 is 35.8 Å². The van der Waals surface area contributed by atoms with Crippen molar-refractivity contribution in [2.24, 2.45) is 0 Å². The summed E-state index contributed by atoms with van der Waals surface area (Å²) in [7, 11) is 0. The molecule has 110 valence electrons. The smallest absolute Gasteiger partial charge is 0.303 e. The largest absolute Gasteiger partial charge is 0.488 e. The first-order valence-corrected chi connectivity index (χ1v) is 5.79. The lowest BCUT2D eigenvalue weighted by atomic mass is 10.1. The van der Waals surface area contributed by atoms with Gasteiger partial charge in [-0.15, -0.1) is 0 Å². The molecule has 1 N–H and O–H groups in total. The van der Waals surface area contributed by atoms with Crippen molar-refractivity contribution in [2.75, 3.05) is 6.61 Å². The molecule has 2 atom stereocenters. The molecule has 0 fully saturated rings. The Labute approximate surface area is 115 Å². The summed E-state index contributed by atoms with van der Waals surface area (Å²) in [6.07, 6.45) is -1.19. The first-order chi connectivity index (χ1) is 9.31. The standard InChI is InChI=1S/C12H15NO7/c1-6(14)13-9-4-19-10(5-18-7(2)15)12(11(9)17)20-8(3)16/h4,10,12H,5H2,1-3H3,(H,13,14)/t10-,12-/m1/s1. The highest BCUT2D eigenvalue weighted by Gasteiger charge is 2.39. The van der Waals surface area contributed by atoms with Gasteiger partial charge in [-0.25, -0.2) is 0 Å². The number of Topliss-reactive ketones (excluding diaryl/α,β-unsaturated/α-hetero) is 1. The van der Waals surface area contributed by atoms with Gasteiger partial charge in [-0.3, -0.25) is 19.2 Å². The van der Waals surface area contributed by atoms with Gasteiger partial charge in [0.1, 0.15) is 18.6 Å². The van der Waals surface area contributed by atoms with Crippen LogP contribution < -0.4 is 5.32 Å². The molecule has 0 aromatic rings. The molecule has 0 aromatic heterocycles. The number of carbonyl (C=O) groups excluding carboxylic acids is 4. The van der Waals surface area contributed by atoms with Crippen LogP contribution in [0.25, 0.3) is 0 Å². The van der Waals surface area contributed by atoms with Gasteiger partial charge >= 0.3 is 11.9 Å². The molecule has 1 rings (SSSR count). The van der Waals surface area contributed by atoms with Crippen LogP contribution >= 0.6 is 0 Å². The predicted molar refractivity (Wildman–Crippen MR) is 64.0 cm³/mol. The van der Waals surface area contributed by atoms with Crippen molar-refractivity contribution in [3.63, 3.8) is 0 Å². The summed E-state index contributed by atoms with van der Waals surface area (Å²) in [6.45, 7) is 3.30. The fraction of sp³-hybridized carbons (Fsp3) is 0.500. The Bertz CT molecular complexity index is 468. The fourth-order valence-corrected chi connectivity index (χ4v) is 1.52. The van der Waals surface area contributed by atoms with Gasteiger partial charge in [0, 0.05) is 20.8 Å². The van der Waals surface area contributed by atoms with E-state index in [1.165, 1.54) is 13.8 Å². The lowest BCUT2D eigenvalue weighted by molar-refractivity contribution is -0.166. The van der Waals surface area contributed by atoms with Crippen molar-refractivity contribution >= 4 is 23.6 Å². The first kappa shape index (κ1) is 15.7. The molecule has 0 aromatic carbocycles. The van der Waals surface area contributed by atoms with Crippen LogP contribution in [-0.2, 0) is 33.4 Å². The van der Waals surface area contributed by atoms with Crippen molar-refractivity contribution in [1.29, 1.82) is 0 Å². The summed E-state index contributed by atoms with van der Waals surface area (Å²) in [5, 5.41) is 2.27. The lowest BCUT2D eigenvalue weighted by Gasteiger charge is -2.29. The Balaban J connectivity index is 2.86. The number of ether oxygens (including phenoxy) is 3. The van der Waals surface area contributed by atoms with Gasteiger partial charge < -0.3 is 19.5 Å². The normalized spacial score (nSPS) is 21.4. The number of hydrogen-bond acceptors (Lipinski definition) is 7. The Morgan fingerprint density at radius 1 is 1.25 bits per heavy atom. The van der Waals surface area contributed by atoms with E-state index in [1.54, 1.807) is 0 Å². The van der Waals surface area contributed by atoms with Crippen LogP contribution in [0.4, 0.5) is 0 Å². The van der Waals surface area contributed by atoms with Crippen molar-refractivity contribution in [1.82, 2.24) is 5.32 Å². The second-order valence-corrected chi connectivity index (χ2v) is 4.08. The van der Waals surface area contributed by atoms with E-state index in [1.807, 2.05) is 0 Å². The summed E-state index contributed by atoms with van der Waals surface area (Å²) in [4.78, 5) is 44.8. The second-order valence-electron chi connectivity index (χ2n) is 4.08. The Morgan fingerprint density at radius 3 is 2.40 bits per heavy atom. The van der Waals surface area contributed by atoms with E-state index >= 15 is 0 Å². The fourth-order valence-electron chi connectivity index (χ4n) is 1.52. The quantitative estimate of drug-likeness (QED) is 0.689. The van der Waals surface area contributed by atoms with Gasteiger partial charge in [-0.2, -0.15) is 0 Å². The van der Waals surface area contributed by atoms with Crippen molar-refractivity contribution in [2.45, 2.75) is 33.0 Å². The maximum atomic E-state index is 12.1. The molecule has 0 saturated heterocycles. The van der Waals surface area contributed by atoms with E-state index in [9.17, 15) is 19.2 Å². The molecular formula is C12H15NO7. The first-order valence-electron chi connectivity index (χ1n) is 5.79. The minimum Gasteiger partial charge on any atom is -0.488 e. The highest BCUT2D eigenvalue weighted by atomic mass is 16.6. The molecule has 1 amide bonds. The Morgan fingerprint density at radius 2 is 1.90 bits per heavy atom. The van der Waals surface area contributed by atoms with E-state index in [0.717, 1.165) is 13.2 Å². The van der Waals surface area contributed by atoms with Gasteiger partial charge in [-0.1, -0.05) is 0 Å². The zero-order valence-electron chi connectivity index (χ0n) is 11.3. The van der Waals surface area contributed by atoms with Gasteiger partial charge in [0.05, 0.1) is 0 Å². The summed E-state index contributed by atoms with van der Waals surface area (Å²) < 4.78 is 14.8. The molecule has 0 bridgehead atoms. The minimum atomic E-state index is -1.28. The van der Waals surface area contributed by atoms with Gasteiger partial charge in [-0.05, 0) is 0 Å². The number of carbonyl (C=O) groups is 4. The molecule has 1 heterocycles. The summed E-state index contributed by atoms with van der Waals surface area (Å²) in [6, 6.07) is 0. The zero-order chi connectivity index (χ0) is 15.3.